The Labute approximate surface area is 157 Å². The predicted octanol–water partition coefficient (Wildman–Crippen LogP) is 2.29. The number of hydrogen-bond acceptors (Lipinski definition) is 4. The molecule has 2 N–H and O–H groups in total. The highest BCUT2D eigenvalue weighted by molar-refractivity contribution is 6.01. The highest BCUT2D eigenvalue weighted by Gasteiger charge is 2.55. The number of para-hydroxylation sites is 2. The summed E-state index contributed by atoms with van der Waals surface area (Å²) >= 11 is 0. The Morgan fingerprint density at radius 2 is 1.93 bits per heavy atom. The van der Waals surface area contributed by atoms with Crippen LogP contribution in [0.15, 0.2) is 54.6 Å². The summed E-state index contributed by atoms with van der Waals surface area (Å²) in [5.41, 5.74) is 5.65. The predicted molar refractivity (Wildman–Crippen MR) is 99.2 cm³/mol. The molecule has 2 aromatic rings. The van der Waals surface area contributed by atoms with Gasteiger partial charge in [0.15, 0.2) is 5.72 Å². The number of hydrogen-bond donors (Lipinski definition) is 1. The van der Waals surface area contributed by atoms with E-state index in [4.69, 9.17) is 15.2 Å². The first-order valence-electron chi connectivity index (χ1n) is 9.06. The molecule has 6 heteroatoms. The summed E-state index contributed by atoms with van der Waals surface area (Å²) in [5, 5.41) is 0. The molecule has 0 radical (unpaired) electrons. The third-order valence-electron chi connectivity index (χ3n) is 5.39. The third kappa shape index (κ3) is 3.01. The van der Waals surface area contributed by atoms with Crippen LogP contribution in [-0.2, 0) is 9.59 Å². The maximum absolute atomic E-state index is 13.1. The fourth-order valence-corrected chi connectivity index (χ4v) is 4.15. The van der Waals surface area contributed by atoms with Crippen molar-refractivity contribution in [3.05, 3.63) is 60.2 Å². The van der Waals surface area contributed by atoms with E-state index in [0.717, 1.165) is 11.3 Å². The monoisotopic (exact) mass is 366 g/mol. The minimum absolute atomic E-state index is 0.267. The SMILES string of the molecule is CC12CC(c3ccccc3O1)C(C(N)=O)C(=O)N2CCOc1ccccc1. The zero-order valence-electron chi connectivity index (χ0n) is 15.1. The summed E-state index contributed by atoms with van der Waals surface area (Å²) < 4.78 is 11.9. The molecule has 6 nitrogen and oxygen atoms in total. The molecule has 0 aromatic heterocycles. The van der Waals surface area contributed by atoms with Crippen molar-refractivity contribution in [1.82, 2.24) is 4.90 Å². The standard InChI is InChI=1S/C21H22N2O4/c1-21-13-16(15-9-5-6-10-17(15)27-21)18(19(22)24)20(25)23(21)11-12-26-14-7-3-2-4-8-14/h2-10,16,18H,11-13H2,1H3,(H2,22,24). The van der Waals surface area contributed by atoms with Crippen LogP contribution in [0.5, 0.6) is 11.5 Å². The number of piperidine rings is 1. The summed E-state index contributed by atoms with van der Waals surface area (Å²) in [5.74, 6) is -0.628. The molecule has 1 fully saturated rings. The van der Waals surface area contributed by atoms with E-state index < -0.39 is 17.6 Å². The fourth-order valence-electron chi connectivity index (χ4n) is 4.15. The molecule has 3 atom stereocenters. The van der Waals surface area contributed by atoms with E-state index in [0.29, 0.717) is 25.3 Å². The van der Waals surface area contributed by atoms with Crippen molar-refractivity contribution in [2.24, 2.45) is 11.7 Å². The van der Waals surface area contributed by atoms with E-state index in [1.807, 2.05) is 61.5 Å². The van der Waals surface area contributed by atoms with Gasteiger partial charge in [-0.05, 0) is 30.7 Å². The molecular formula is C21H22N2O4. The van der Waals surface area contributed by atoms with Crippen LogP contribution in [0.2, 0.25) is 0 Å². The average Bonchev–Trinajstić information content (AvgIpc) is 2.65. The molecule has 0 spiro atoms. The van der Waals surface area contributed by atoms with Gasteiger partial charge in [0.05, 0.1) is 6.54 Å². The van der Waals surface area contributed by atoms with Crippen molar-refractivity contribution in [2.75, 3.05) is 13.2 Å². The number of nitrogens with zero attached hydrogens (tertiary/aromatic N) is 1. The van der Waals surface area contributed by atoms with Crippen molar-refractivity contribution in [3.8, 4) is 11.5 Å². The summed E-state index contributed by atoms with van der Waals surface area (Å²) in [7, 11) is 0. The van der Waals surface area contributed by atoms with Crippen LogP contribution < -0.4 is 15.2 Å². The van der Waals surface area contributed by atoms with Crippen molar-refractivity contribution < 1.29 is 19.1 Å². The Bertz CT molecular complexity index is 869. The maximum Gasteiger partial charge on any atom is 0.238 e. The lowest BCUT2D eigenvalue weighted by Gasteiger charge is -2.52. The Hall–Kier alpha value is -3.02. The van der Waals surface area contributed by atoms with Crippen LogP contribution in [0.25, 0.3) is 0 Å². The van der Waals surface area contributed by atoms with Crippen LogP contribution in [-0.4, -0.2) is 35.6 Å². The fraction of sp³-hybridized carbons (Fsp3) is 0.333. The molecule has 2 aromatic carbocycles. The summed E-state index contributed by atoms with van der Waals surface area (Å²) in [6.45, 7) is 2.49. The van der Waals surface area contributed by atoms with Gasteiger partial charge in [-0.25, -0.2) is 0 Å². The largest absolute Gasteiger partial charge is 0.492 e. The van der Waals surface area contributed by atoms with E-state index in [9.17, 15) is 9.59 Å². The Kier molecular flexibility index (Phi) is 4.26. The molecule has 2 heterocycles. The highest BCUT2D eigenvalue weighted by Crippen LogP contribution is 2.49. The van der Waals surface area contributed by atoms with Gasteiger partial charge in [0, 0.05) is 12.3 Å². The van der Waals surface area contributed by atoms with Gasteiger partial charge in [-0.1, -0.05) is 36.4 Å². The first kappa shape index (κ1) is 17.4. The molecule has 2 bridgehead atoms. The van der Waals surface area contributed by atoms with E-state index >= 15 is 0 Å². The van der Waals surface area contributed by atoms with Crippen LogP contribution in [0.3, 0.4) is 0 Å². The number of benzene rings is 2. The molecule has 1 saturated heterocycles. The number of rotatable bonds is 5. The second-order valence-electron chi connectivity index (χ2n) is 7.16. The number of nitrogens with two attached hydrogens (primary N) is 1. The lowest BCUT2D eigenvalue weighted by Crippen LogP contribution is -2.65. The molecule has 0 saturated carbocycles. The number of primary amides is 1. The van der Waals surface area contributed by atoms with Crippen LogP contribution in [0.1, 0.15) is 24.8 Å². The number of carbonyl (C=O) groups is 2. The van der Waals surface area contributed by atoms with Crippen molar-refractivity contribution in [1.29, 1.82) is 0 Å². The zero-order valence-corrected chi connectivity index (χ0v) is 15.1. The van der Waals surface area contributed by atoms with E-state index in [1.54, 1.807) is 4.90 Å². The van der Waals surface area contributed by atoms with Crippen LogP contribution in [0, 0.1) is 5.92 Å². The van der Waals surface area contributed by atoms with Crippen molar-refractivity contribution in [2.45, 2.75) is 25.0 Å². The lowest BCUT2D eigenvalue weighted by atomic mass is 9.73. The Balaban J connectivity index is 1.60. The third-order valence-corrected chi connectivity index (χ3v) is 5.39. The van der Waals surface area contributed by atoms with Crippen molar-refractivity contribution in [3.63, 3.8) is 0 Å². The molecule has 2 aliphatic rings. The first-order valence-corrected chi connectivity index (χ1v) is 9.06. The molecule has 140 valence electrons. The Morgan fingerprint density at radius 1 is 1.22 bits per heavy atom. The molecule has 2 aliphatic heterocycles. The van der Waals surface area contributed by atoms with Crippen LogP contribution >= 0.6 is 0 Å². The normalized spacial score (nSPS) is 26.1. The number of likely N-dealkylation sites (tertiary alicyclic amines) is 1. The number of ether oxygens (including phenoxy) is 2. The lowest BCUT2D eigenvalue weighted by molar-refractivity contribution is -0.176. The molecule has 27 heavy (non-hydrogen) atoms. The zero-order chi connectivity index (χ0) is 19.0. The van der Waals surface area contributed by atoms with E-state index in [1.165, 1.54) is 0 Å². The summed E-state index contributed by atoms with van der Waals surface area (Å²) in [4.78, 5) is 26.8. The van der Waals surface area contributed by atoms with Gasteiger partial charge >= 0.3 is 0 Å². The van der Waals surface area contributed by atoms with Crippen molar-refractivity contribution >= 4 is 11.8 Å². The second kappa shape index (κ2) is 6.61. The second-order valence-corrected chi connectivity index (χ2v) is 7.16. The number of amides is 2. The average molecular weight is 366 g/mol. The number of fused-ring (bicyclic) bond motifs is 4. The van der Waals surface area contributed by atoms with Gasteiger partial charge in [-0.15, -0.1) is 0 Å². The Morgan fingerprint density at radius 3 is 2.67 bits per heavy atom. The molecule has 4 rings (SSSR count). The van der Waals surface area contributed by atoms with Crippen LogP contribution in [0.4, 0.5) is 0 Å². The van der Waals surface area contributed by atoms with E-state index in [-0.39, 0.29) is 11.8 Å². The van der Waals surface area contributed by atoms with Gasteiger partial charge in [-0.2, -0.15) is 0 Å². The molecular weight excluding hydrogens is 344 g/mol. The quantitative estimate of drug-likeness (QED) is 0.823. The van der Waals surface area contributed by atoms with Gasteiger partial charge in [0.1, 0.15) is 24.0 Å². The van der Waals surface area contributed by atoms with Gasteiger partial charge in [-0.3, -0.25) is 9.59 Å². The maximum atomic E-state index is 13.1. The summed E-state index contributed by atoms with van der Waals surface area (Å²) in [6.07, 6.45) is 0.523. The smallest absolute Gasteiger partial charge is 0.238 e. The minimum Gasteiger partial charge on any atom is -0.492 e. The van der Waals surface area contributed by atoms with Gasteiger partial charge in [0.25, 0.3) is 0 Å². The van der Waals surface area contributed by atoms with E-state index in [2.05, 4.69) is 0 Å². The number of carbonyl (C=O) groups excluding carboxylic acids is 2. The first-order chi connectivity index (χ1) is 13.0. The topological polar surface area (TPSA) is 81.9 Å². The highest BCUT2D eigenvalue weighted by atomic mass is 16.5. The molecule has 0 aliphatic carbocycles. The molecule has 2 amide bonds. The minimum atomic E-state index is -0.889. The summed E-state index contributed by atoms with van der Waals surface area (Å²) in [6, 6.07) is 16.9. The molecule has 3 unspecified atom stereocenters. The van der Waals surface area contributed by atoms with Gasteiger partial charge in [0.2, 0.25) is 11.8 Å². The van der Waals surface area contributed by atoms with Gasteiger partial charge < -0.3 is 20.1 Å².